The van der Waals surface area contributed by atoms with Gasteiger partial charge in [0.1, 0.15) is 0 Å². The number of rotatable bonds is 4. The Hall–Kier alpha value is -6.43. The average Bonchev–Trinajstić information content (AvgIpc) is 3.48. The summed E-state index contributed by atoms with van der Waals surface area (Å²) in [6.07, 6.45) is 0. The molecule has 1 heterocycles. The minimum atomic E-state index is 0.658. The summed E-state index contributed by atoms with van der Waals surface area (Å²) in [4.78, 5) is 0. The molecule has 0 bridgehead atoms. The maximum Gasteiger partial charge on any atom is 0.0998 e. The molecule has 218 valence electrons. The van der Waals surface area contributed by atoms with Crippen LogP contribution in [0.15, 0.2) is 170 Å². The van der Waals surface area contributed by atoms with Crippen molar-refractivity contribution >= 4 is 43.4 Å². The average molecular weight is 597 g/mol. The van der Waals surface area contributed by atoms with Gasteiger partial charge in [-0.1, -0.05) is 140 Å². The van der Waals surface area contributed by atoms with E-state index in [-0.39, 0.29) is 0 Å². The number of nitrogens with zero attached hydrogens (tertiary/aromatic N) is 2. The summed E-state index contributed by atoms with van der Waals surface area (Å²) in [6, 6.07) is 62.5. The van der Waals surface area contributed by atoms with Crippen molar-refractivity contribution in [2.75, 3.05) is 0 Å². The van der Waals surface area contributed by atoms with Crippen molar-refractivity contribution in [3.63, 3.8) is 0 Å². The maximum atomic E-state index is 10.2. The SMILES string of the molecule is N#Cc1ccc(-n2c3ccccc3c3ccccc32)cc1-c1ccc(-c2c3ccccc3c(-c3ccccc3)c3ccccc23)cc1. The van der Waals surface area contributed by atoms with Gasteiger partial charge in [-0.25, -0.2) is 0 Å². The molecule has 8 aromatic carbocycles. The summed E-state index contributed by atoms with van der Waals surface area (Å²) in [6.45, 7) is 0. The Morgan fingerprint density at radius 1 is 0.383 bits per heavy atom. The third-order valence-electron chi connectivity index (χ3n) is 9.44. The van der Waals surface area contributed by atoms with Crippen LogP contribution in [0.3, 0.4) is 0 Å². The summed E-state index contributed by atoms with van der Waals surface area (Å²) in [5, 5.41) is 17.5. The van der Waals surface area contributed by atoms with E-state index >= 15 is 0 Å². The molecule has 1 aromatic heterocycles. The number of hydrogen-bond donors (Lipinski definition) is 0. The van der Waals surface area contributed by atoms with Crippen molar-refractivity contribution in [1.82, 2.24) is 4.57 Å². The fourth-order valence-electron chi connectivity index (χ4n) is 7.38. The minimum Gasteiger partial charge on any atom is -0.309 e. The van der Waals surface area contributed by atoms with Gasteiger partial charge in [0.2, 0.25) is 0 Å². The molecule has 0 unspecified atom stereocenters. The van der Waals surface area contributed by atoms with Crippen LogP contribution in [0.5, 0.6) is 0 Å². The van der Waals surface area contributed by atoms with E-state index in [1.165, 1.54) is 49.0 Å². The first-order valence-electron chi connectivity index (χ1n) is 15.9. The van der Waals surface area contributed by atoms with E-state index in [2.05, 4.69) is 174 Å². The number of aromatic nitrogens is 1. The van der Waals surface area contributed by atoms with Gasteiger partial charge in [0.25, 0.3) is 0 Å². The first-order valence-corrected chi connectivity index (χ1v) is 15.9. The molecule has 47 heavy (non-hydrogen) atoms. The van der Waals surface area contributed by atoms with Crippen molar-refractivity contribution in [3.05, 3.63) is 175 Å². The fourth-order valence-corrected chi connectivity index (χ4v) is 7.38. The third-order valence-corrected chi connectivity index (χ3v) is 9.44. The van der Waals surface area contributed by atoms with Crippen molar-refractivity contribution < 1.29 is 0 Å². The Balaban J connectivity index is 1.22. The topological polar surface area (TPSA) is 28.7 Å². The Morgan fingerprint density at radius 3 is 1.32 bits per heavy atom. The molecule has 0 radical (unpaired) electrons. The Bertz CT molecular complexity index is 2560. The van der Waals surface area contributed by atoms with Crippen molar-refractivity contribution in [2.24, 2.45) is 0 Å². The van der Waals surface area contributed by atoms with Gasteiger partial charge in [-0.3, -0.25) is 0 Å². The summed E-state index contributed by atoms with van der Waals surface area (Å²) in [7, 11) is 0. The van der Waals surface area contributed by atoms with Crippen LogP contribution >= 0.6 is 0 Å². The van der Waals surface area contributed by atoms with Crippen LogP contribution in [-0.2, 0) is 0 Å². The second kappa shape index (κ2) is 10.9. The predicted molar refractivity (Wildman–Crippen MR) is 197 cm³/mol. The summed E-state index contributed by atoms with van der Waals surface area (Å²) < 4.78 is 2.30. The van der Waals surface area contributed by atoms with Gasteiger partial charge in [0.05, 0.1) is 22.7 Å². The van der Waals surface area contributed by atoms with E-state index in [0.717, 1.165) is 33.4 Å². The molecule has 0 saturated heterocycles. The van der Waals surface area contributed by atoms with Crippen LogP contribution in [0.4, 0.5) is 0 Å². The first-order chi connectivity index (χ1) is 23.3. The van der Waals surface area contributed by atoms with Crippen LogP contribution < -0.4 is 0 Å². The van der Waals surface area contributed by atoms with Crippen molar-refractivity contribution in [3.8, 4) is 45.1 Å². The number of para-hydroxylation sites is 2. The molecule has 0 aliphatic rings. The quantitative estimate of drug-likeness (QED) is 0.186. The van der Waals surface area contributed by atoms with Crippen molar-refractivity contribution in [2.45, 2.75) is 0 Å². The first kappa shape index (κ1) is 26.9. The lowest BCUT2D eigenvalue weighted by molar-refractivity contribution is 1.18. The monoisotopic (exact) mass is 596 g/mol. The standard InChI is InChI=1S/C45H28N2/c46-29-33-26-27-34(47-42-20-10-8-14-35(42)36-15-9-11-21-43(36)47)28-41(33)30-22-24-32(25-23-30)45-39-18-6-4-16-37(39)44(31-12-2-1-3-13-31)38-17-5-7-19-40(38)45/h1-28H. The molecule has 0 amide bonds. The minimum absolute atomic E-state index is 0.658. The molecule has 0 atom stereocenters. The maximum absolute atomic E-state index is 10.2. The summed E-state index contributed by atoms with van der Waals surface area (Å²) >= 11 is 0. The van der Waals surface area contributed by atoms with Crippen LogP contribution in [0, 0.1) is 11.3 Å². The van der Waals surface area contributed by atoms with Gasteiger partial charge < -0.3 is 4.57 Å². The van der Waals surface area contributed by atoms with Gasteiger partial charge >= 0.3 is 0 Å². The molecule has 0 N–H and O–H groups in total. The van der Waals surface area contributed by atoms with E-state index in [1.807, 2.05) is 6.07 Å². The predicted octanol–water partition coefficient (Wildman–Crippen LogP) is 12.0. The lowest BCUT2D eigenvalue weighted by Crippen LogP contribution is -1.96. The molecule has 2 nitrogen and oxygen atoms in total. The van der Waals surface area contributed by atoms with Crippen LogP contribution in [0.25, 0.3) is 82.4 Å². The van der Waals surface area contributed by atoms with Crippen LogP contribution in [-0.4, -0.2) is 4.57 Å². The Kier molecular flexibility index (Phi) is 6.23. The lowest BCUT2D eigenvalue weighted by Gasteiger charge is -2.18. The second-order valence-electron chi connectivity index (χ2n) is 12.0. The van der Waals surface area contributed by atoms with E-state index in [0.29, 0.717) is 5.56 Å². The van der Waals surface area contributed by atoms with E-state index in [9.17, 15) is 5.26 Å². The largest absolute Gasteiger partial charge is 0.309 e. The third kappa shape index (κ3) is 4.26. The lowest BCUT2D eigenvalue weighted by atomic mass is 9.85. The highest BCUT2D eigenvalue weighted by Crippen LogP contribution is 2.44. The zero-order chi connectivity index (χ0) is 31.3. The molecule has 9 rings (SSSR count). The zero-order valence-electron chi connectivity index (χ0n) is 25.6. The number of benzene rings is 8. The second-order valence-corrected chi connectivity index (χ2v) is 12.0. The van der Waals surface area contributed by atoms with E-state index in [4.69, 9.17) is 0 Å². The van der Waals surface area contributed by atoms with Gasteiger partial charge in [-0.15, -0.1) is 0 Å². The highest BCUT2D eigenvalue weighted by Gasteiger charge is 2.17. The van der Waals surface area contributed by atoms with Gasteiger partial charge in [-0.05, 0) is 79.7 Å². The fraction of sp³-hybridized carbons (Fsp3) is 0. The smallest absolute Gasteiger partial charge is 0.0998 e. The van der Waals surface area contributed by atoms with Gasteiger partial charge in [0, 0.05) is 22.0 Å². The molecule has 0 aliphatic carbocycles. The number of fused-ring (bicyclic) bond motifs is 5. The molecule has 0 saturated carbocycles. The van der Waals surface area contributed by atoms with Gasteiger partial charge in [0.15, 0.2) is 0 Å². The molecule has 0 aliphatic heterocycles. The van der Waals surface area contributed by atoms with E-state index in [1.54, 1.807) is 0 Å². The molecule has 0 spiro atoms. The molecular weight excluding hydrogens is 569 g/mol. The van der Waals surface area contributed by atoms with Gasteiger partial charge in [-0.2, -0.15) is 5.26 Å². The van der Waals surface area contributed by atoms with E-state index < -0.39 is 0 Å². The Labute approximate surface area is 273 Å². The summed E-state index contributed by atoms with van der Waals surface area (Å²) in [5.41, 5.74) is 10.8. The number of hydrogen-bond acceptors (Lipinski definition) is 1. The highest BCUT2D eigenvalue weighted by molar-refractivity contribution is 6.21. The Morgan fingerprint density at radius 2 is 0.809 bits per heavy atom. The summed E-state index contributed by atoms with van der Waals surface area (Å²) in [5.74, 6) is 0. The highest BCUT2D eigenvalue weighted by atomic mass is 15.0. The number of nitriles is 1. The normalized spacial score (nSPS) is 11.4. The molecule has 2 heteroatoms. The molecule has 0 fully saturated rings. The molecule has 9 aromatic rings. The van der Waals surface area contributed by atoms with Crippen LogP contribution in [0.1, 0.15) is 5.56 Å². The molecular formula is C45H28N2. The zero-order valence-corrected chi connectivity index (χ0v) is 25.6. The van der Waals surface area contributed by atoms with Crippen molar-refractivity contribution in [1.29, 1.82) is 5.26 Å². The van der Waals surface area contributed by atoms with Crippen LogP contribution in [0.2, 0.25) is 0 Å².